The maximum atomic E-state index is 6.09. The van der Waals surface area contributed by atoms with E-state index < -0.39 is 0 Å². The van der Waals surface area contributed by atoms with Gasteiger partial charge >= 0.3 is 0 Å². The number of rotatable bonds is 3. The number of hydrogen-bond donors (Lipinski definition) is 1. The molecular weight excluding hydrogens is 250 g/mol. The van der Waals surface area contributed by atoms with Gasteiger partial charge in [0.1, 0.15) is 11.4 Å². The highest BCUT2D eigenvalue weighted by Gasteiger charge is 2.31. The van der Waals surface area contributed by atoms with E-state index in [1.54, 1.807) is 0 Å². The lowest BCUT2D eigenvalue weighted by molar-refractivity contribution is 0.137. The highest BCUT2D eigenvalue weighted by molar-refractivity contribution is 5.50. The van der Waals surface area contributed by atoms with Gasteiger partial charge in [-0.05, 0) is 26.3 Å². The first-order valence-corrected chi connectivity index (χ1v) is 6.98. The van der Waals surface area contributed by atoms with Crippen LogP contribution >= 0.6 is 0 Å². The van der Waals surface area contributed by atoms with E-state index in [0.717, 1.165) is 30.1 Å². The normalized spacial score (nSPS) is 15.8. The fourth-order valence-corrected chi connectivity index (χ4v) is 2.68. The molecule has 0 atom stereocenters. The van der Waals surface area contributed by atoms with Crippen molar-refractivity contribution >= 4 is 5.69 Å². The van der Waals surface area contributed by atoms with Crippen molar-refractivity contribution in [3.63, 3.8) is 0 Å². The van der Waals surface area contributed by atoms with Crippen molar-refractivity contribution < 1.29 is 4.74 Å². The molecule has 1 aliphatic heterocycles. The predicted molar refractivity (Wildman–Crippen MR) is 80.1 cm³/mol. The minimum atomic E-state index is -0.0946. The lowest BCUT2D eigenvalue weighted by Crippen LogP contribution is -2.25. The van der Waals surface area contributed by atoms with E-state index in [0.29, 0.717) is 0 Å². The zero-order valence-electron chi connectivity index (χ0n) is 12.5. The summed E-state index contributed by atoms with van der Waals surface area (Å²) in [7, 11) is 1.95. The van der Waals surface area contributed by atoms with Crippen LogP contribution in [0.3, 0.4) is 0 Å². The molecule has 1 aliphatic rings. The van der Waals surface area contributed by atoms with Crippen molar-refractivity contribution in [2.75, 3.05) is 5.32 Å². The SMILES string of the molecule is Cc1c(NCc2cccc3c2OC(C)(C)C3)cnn1C. The molecular formula is C16H21N3O. The molecule has 4 heteroatoms. The average molecular weight is 271 g/mol. The van der Waals surface area contributed by atoms with Crippen LogP contribution in [0.25, 0.3) is 0 Å². The van der Waals surface area contributed by atoms with E-state index in [2.05, 4.69) is 49.4 Å². The van der Waals surface area contributed by atoms with Gasteiger partial charge in [-0.1, -0.05) is 18.2 Å². The Labute approximate surface area is 119 Å². The summed E-state index contributed by atoms with van der Waals surface area (Å²) in [5.41, 5.74) is 4.62. The fraction of sp³-hybridized carbons (Fsp3) is 0.438. The first kappa shape index (κ1) is 13.0. The van der Waals surface area contributed by atoms with Crippen molar-refractivity contribution in [1.82, 2.24) is 9.78 Å². The predicted octanol–water partition coefficient (Wildman–Crippen LogP) is 3.05. The molecule has 0 saturated heterocycles. The van der Waals surface area contributed by atoms with Crippen LogP contribution in [0, 0.1) is 6.92 Å². The van der Waals surface area contributed by atoms with Crippen LogP contribution in [0.2, 0.25) is 0 Å². The largest absolute Gasteiger partial charge is 0.487 e. The van der Waals surface area contributed by atoms with Crippen LogP contribution in [0.15, 0.2) is 24.4 Å². The molecule has 106 valence electrons. The number of nitrogens with one attached hydrogen (secondary N) is 1. The monoisotopic (exact) mass is 271 g/mol. The molecule has 20 heavy (non-hydrogen) atoms. The summed E-state index contributed by atoms with van der Waals surface area (Å²) in [5.74, 6) is 1.05. The number of fused-ring (bicyclic) bond motifs is 1. The van der Waals surface area contributed by atoms with Crippen molar-refractivity contribution in [1.29, 1.82) is 0 Å². The molecule has 1 N–H and O–H groups in total. The summed E-state index contributed by atoms with van der Waals surface area (Å²) in [5, 5.41) is 7.69. The minimum absolute atomic E-state index is 0.0946. The van der Waals surface area contributed by atoms with Crippen LogP contribution < -0.4 is 10.1 Å². The van der Waals surface area contributed by atoms with Gasteiger partial charge < -0.3 is 10.1 Å². The highest BCUT2D eigenvalue weighted by atomic mass is 16.5. The second kappa shape index (κ2) is 4.54. The molecule has 1 aromatic heterocycles. The zero-order valence-corrected chi connectivity index (χ0v) is 12.5. The number of nitrogens with zero attached hydrogens (tertiary/aromatic N) is 2. The van der Waals surface area contributed by atoms with E-state index in [9.17, 15) is 0 Å². The number of anilines is 1. The summed E-state index contributed by atoms with van der Waals surface area (Å²) < 4.78 is 7.96. The van der Waals surface area contributed by atoms with E-state index in [1.165, 1.54) is 11.1 Å². The lowest BCUT2D eigenvalue weighted by atomic mass is 10.0. The molecule has 0 amide bonds. The van der Waals surface area contributed by atoms with Crippen LogP contribution in [0.4, 0.5) is 5.69 Å². The molecule has 2 heterocycles. The third kappa shape index (κ3) is 2.26. The minimum Gasteiger partial charge on any atom is -0.487 e. The van der Waals surface area contributed by atoms with Crippen molar-refractivity contribution in [3.8, 4) is 5.75 Å². The van der Waals surface area contributed by atoms with Gasteiger partial charge in [0.2, 0.25) is 0 Å². The smallest absolute Gasteiger partial charge is 0.128 e. The third-order valence-corrected chi connectivity index (χ3v) is 3.88. The number of para-hydroxylation sites is 1. The molecule has 0 fully saturated rings. The Morgan fingerprint density at radius 3 is 2.90 bits per heavy atom. The third-order valence-electron chi connectivity index (χ3n) is 3.88. The number of hydrogen-bond acceptors (Lipinski definition) is 3. The first-order chi connectivity index (χ1) is 9.46. The van der Waals surface area contributed by atoms with Crippen LogP contribution in [-0.4, -0.2) is 15.4 Å². The standard InChI is InChI=1S/C16H21N3O/c1-11-14(10-18-19(11)4)17-9-13-7-5-6-12-8-16(2,3)20-15(12)13/h5-7,10,17H,8-9H2,1-4H3. The maximum Gasteiger partial charge on any atom is 0.128 e. The summed E-state index contributed by atoms with van der Waals surface area (Å²) >= 11 is 0. The van der Waals surface area contributed by atoms with Gasteiger partial charge in [-0.15, -0.1) is 0 Å². The Balaban J connectivity index is 1.80. The molecule has 0 aliphatic carbocycles. The first-order valence-electron chi connectivity index (χ1n) is 6.98. The Kier molecular flexibility index (Phi) is 2.96. The van der Waals surface area contributed by atoms with E-state index in [1.807, 2.05) is 17.9 Å². The fourth-order valence-electron chi connectivity index (χ4n) is 2.68. The summed E-state index contributed by atoms with van der Waals surface area (Å²) in [6, 6.07) is 6.39. The van der Waals surface area contributed by atoms with Gasteiger partial charge in [-0.25, -0.2) is 0 Å². The molecule has 0 bridgehead atoms. The second-order valence-electron chi connectivity index (χ2n) is 6.06. The number of ether oxygens (including phenoxy) is 1. The molecule has 0 radical (unpaired) electrons. The zero-order chi connectivity index (χ0) is 14.3. The average Bonchev–Trinajstić information content (AvgIpc) is 2.87. The topological polar surface area (TPSA) is 39.1 Å². The molecule has 1 aromatic carbocycles. The summed E-state index contributed by atoms with van der Waals surface area (Å²) in [6.07, 6.45) is 2.84. The Morgan fingerprint density at radius 1 is 1.40 bits per heavy atom. The maximum absolute atomic E-state index is 6.09. The molecule has 3 rings (SSSR count). The number of aryl methyl sites for hydroxylation is 1. The molecule has 0 saturated carbocycles. The van der Waals surface area contributed by atoms with Gasteiger partial charge in [0.15, 0.2) is 0 Å². The number of benzene rings is 1. The van der Waals surface area contributed by atoms with Gasteiger partial charge in [-0.2, -0.15) is 5.10 Å². The Bertz CT molecular complexity index is 643. The summed E-state index contributed by atoms with van der Waals surface area (Å²) in [4.78, 5) is 0. The second-order valence-corrected chi connectivity index (χ2v) is 6.06. The van der Waals surface area contributed by atoms with Crippen LogP contribution in [-0.2, 0) is 20.0 Å². The van der Waals surface area contributed by atoms with E-state index in [-0.39, 0.29) is 5.60 Å². The van der Waals surface area contributed by atoms with Crippen molar-refractivity contribution in [2.45, 2.75) is 39.3 Å². The molecule has 2 aromatic rings. The van der Waals surface area contributed by atoms with E-state index >= 15 is 0 Å². The Hall–Kier alpha value is -1.97. The Morgan fingerprint density at radius 2 is 2.20 bits per heavy atom. The molecule has 0 spiro atoms. The molecule has 0 unspecified atom stereocenters. The molecule has 4 nitrogen and oxygen atoms in total. The van der Waals surface area contributed by atoms with Crippen LogP contribution in [0.5, 0.6) is 5.75 Å². The van der Waals surface area contributed by atoms with Crippen molar-refractivity contribution in [3.05, 3.63) is 41.2 Å². The van der Waals surface area contributed by atoms with Gasteiger partial charge in [0.25, 0.3) is 0 Å². The van der Waals surface area contributed by atoms with Crippen molar-refractivity contribution in [2.24, 2.45) is 7.05 Å². The van der Waals surface area contributed by atoms with E-state index in [4.69, 9.17) is 4.74 Å². The quantitative estimate of drug-likeness (QED) is 0.932. The van der Waals surface area contributed by atoms with Crippen LogP contribution in [0.1, 0.15) is 30.7 Å². The van der Waals surface area contributed by atoms with Gasteiger partial charge in [-0.3, -0.25) is 4.68 Å². The summed E-state index contributed by atoms with van der Waals surface area (Å²) in [6.45, 7) is 7.08. The number of aromatic nitrogens is 2. The van der Waals surface area contributed by atoms with Gasteiger partial charge in [0, 0.05) is 25.6 Å². The lowest BCUT2D eigenvalue weighted by Gasteiger charge is -2.18. The highest BCUT2D eigenvalue weighted by Crippen LogP contribution is 2.37. The van der Waals surface area contributed by atoms with Gasteiger partial charge in [0.05, 0.1) is 17.6 Å².